The summed E-state index contributed by atoms with van der Waals surface area (Å²) in [6.07, 6.45) is 2.23. The highest BCUT2D eigenvalue weighted by molar-refractivity contribution is 5.44. The average Bonchev–Trinajstić information content (AvgIpc) is 3.02. The molecule has 0 aromatic carbocycles. The number of nitrogens with zero attached hydrogens (tertiary/aromatic N) is 2. The van der Waals surface area contributed by atoms with Gasteiger partial charge in [-0.25, -0.2) is 4.98 Å². The first-order valence-electron chi connectivity index (χ1n) is 6.13. The summed E-state index contributed by atoms with van der Waals surface area (Å²) in [5.41, 5.74) is 0.913. The molecule has 5 heteroatoms. The van der Waals surface area contributed by atoms with Crippen LogP contribution in [0.3, 0.4) is 0 Å². The Hall–Kier alpha value is -1.59. The Balaban J connectivity index is 1.77. The lowest BCUT2D eigenvalue weighted by molar-refractivity contribution is 0.174. The van der Waals surface area contributed by atoms with Gasteiger partial charge in [0.25, 0.3) is 5.89 Å². The van der Waals surface area contributed by atoms with Crippen molar-refractivity contribution in [3.63, 3.8) is 0 Å². The minimum absolute atomic E-state index is 0.207. The molecule has 5 nitrogen and oxygen atoms in total. The summed E-state index contributed by atoms with van der Waals surface area (Å²) in [5.74, 6) is 1.97. The lowest BCUT2D eigenvalue weighted by Crippen LogP contribution is -2.22. The van der Waals surface area contributed by atoms with E-state index in [0.717, 1.165) is 24.4 Å². The lowest BCUT2D eigenvalue weighted by Gasteiger charge is -2.12. The van der Waals surface area contributed by atoms with Gasteiger partial charge in [0.05, 0.1) is 18.1 Å². The second-order valence-electron chi connectivity index (χ2n) is 4.68. The fourth-order valence-electron chi connectivity index (χ4n) is 2.25. The average molecular weight is 248 g/mol. The topological polar surface area (TPSA) is 62.6 Å². The molecule has 2 aromatic heterocycles. The number of rotatable bonds is 3. The third-order valence-corrected chi connectivity index (χ3v) is 3.25. The molecule has 1 saturated heterocycles. The molecule has 0 saturated carbocycles. The summed E-state index contributed by atoms with van der Waals surface area (Å²) < 4.78 is 10.9. The van der Waals surface area contributed by atoms with Gasteiger partial charge in [-0.05, 0) is 25.5 Å². The number of aliphatic hydroxyl groups excluding tert-OH is 1. The molecular formula is C13H16N2O3. The van der Waals surface area contributed by atoms with Crippen molar-refractivity contribution >= 4 is 0 Å². The fraction of sp³-hybridized carbons (Fsp3) is 0.462. The molecule has 1 aliphatic rings. The second kappa shape index (κ2) is 4.59. The number of aliphatic hydroxyl groups is 1. The van der Waals surface area contributed by atoms with Crippen molar-refractivity contribution in [1.29, 1.82) is 0 Å². The highest BCUT2D eigenvalue weighted by Gasteiger charge is 2.22. The molecular weight excluding hydrogens is 232 g/mol. The first kappa shape index (κ1) is 11.5. The van der Waals surface area contributed by atoms with Crippen LogP contribution in [0, 0.1) is 6.92 Å². The molecule has 18 heavy (non-hydrogen) atoms. The Labute approximate surface area is 105 Å². The van der Waals surface area contributed by atoms with E-state index in [1.165, 1.54) is 0 Å². The molecule has 3 rings (SSSR count). The number of furan rings is 1. The van der Waals surface area contributed by atoms with Crippen molar-refractivity contribution in [2.24, 2.45) is 0 Å². The van der Waals surface area contributed by atoms with E-state index in [2.05, 4.69) is 9.88 Å². The Kier molecular flexibility index (Phi) is 2.93. The van der Waals surface area contributed by atoms with Gasteiger partial charge >= 0.3 is 0 Å². The van der Waals surface area contributed by atoms with Gasteiger partial charge in [-0.1, -0.05) is 0 Å². The first-order valence-corrected chi connectivity index (χ1v) is 6.13. The van der Waals surface area contributed by atoms with Gasteiger partial charge in [-0.15, -0.1) is 0 Å². The van der Waals surface area contributed by atoms with Crippen molar-refractivity contribution in [1.82, 2.24) is 9.88 Å². The summed E-state index contributed by atoms with van der Waals surface area (Å²) in [6.45, 7) is 4.24. The predicted molar refractivity (Wildman–Crippen MR) is 64.8 cm³/mol. The van der Waals surface area contributed by atoms with Crippen LogP contribution in [-0.2, 0) is 6.54 Å². The zero-order valence-electron chi connectivity index (χ0n) is 10.3. The number of likely N-dealkylation sites (tertiary alicyclic amines) is 1. The SMILES string of the molecule is Cc1oc(-c2ccco2)nc1CN1CC[C@H](O)C1. The molecule has 1 fully saturated rings. The van der Waals surface area contributed by atoms with Crippen molar-refractivity contribution in [2.45, 2.75) is 26.0 Å². The smallest absolute Gasteiger partial charge is 0.263 e. The van der Waals surface area contributed by atoms with Crippen molar-refractivity contribution < 1.29 is 13.9 Å². The fourth-order valence-corrected chi connectivity index (χ4v) is 2.25. The van der Waals surface area contributed by atoms with Gasteiger partial charge in [0, 0.05) is 19.6 Å². The highest BCUT2D eigenvalue weighted by Crippen LogP contribution is 2.23. The highest BCUT2D eigenvalue weighted by atomic mass is 16.4. The van der Waals surface area contributed by atoms with Crippen LogP contribution >= 0.6 is 0 Å². The maximum absolute atomic E-state index is 9.50. The normalized spacial score (nSPS) is 20.7. The van der Waals surface area contributed by atoms with Gasteiger partial charge in [-0.3, -0.25) is 4.90 Å². The van der Waals surface area contributed by atoms with Gasteiger partial charge in [0.1, 0.15) is 5.76 Å². The zero-order chi connectivity index (χ0) is 12.5. The lowest BCUT2D eigenvalue weighted by atomic mass is 10.3. The molecule has 2 aromatic rings. The number of oxazole rings is 1. The van der Waals surface area contributed by atoms with Crippen molar-refractivity contribution in [2.75, 3.05) is 13.1 Å². The molecule has 0 radical (unpaired) electrons. The van der Waals surface area contributed by atoms with Crippen LogP contribution in [0.4, 0.5) is 0 Å². The third kappa shape index (κ3) is 2.19. The molecule has 0 spiro atoms. The number of β-amino-alcohol motifs (C(OH)–C–C–N with tert-alkyl or cyclic N) is 1. The van der Waals surface area contributed by atoms with Crippen LogP contribution < -0.4 is 0 Å². The van der Waals surface area contributed by atoms with E-state index >= 15 is 0 Å². The molecule has 0 aliphatic carbocycles. The molecule has 1 aliphatic heterocycles. The molecule has 0 unspecified atom stereocenters. The van der Waals surface area contributed by atoms with Crippen LogP contribution in [0.5, 0.6) is 0 Å². The van der Waals surface area contributed by atoms with E-state index in [1.54, 1.807) is 6.26 Å². The Bertz CT molecular complexity index is 518. The third-order valence-electron chi connectivity index (χ3n) is 3.25. The maximum atomic E-state index is 9.50. The minimum atomic E-state index is -0.207. The summed E-state index contributed by atoms with van der Waals surface area (Å²) in [7, 11) is 0. The number of hydrogen-bond donors (Lipinski definition) is 1. The molecule has 3 heterocycles. The molecule has 0 bridgehead atoms. The van der Waals surface area contributed by atoms with Crippen LogP contribution in [0.1, 0.15) is 17.9 Å². The Morgan fingerprint density at radius 1 is 1.56 bits per heavy atom. The Morgan fingerprint density at radius 3 is 3.11 bits per heavy atom. The monoisotopic (exact) mass is 248 g/mol. The number of aryl methyl sites for hydroxylation is 1. The molecule has 1 N–H and O–H groups in total. The summed E-state index contributed by atoms with van der Waals surface area (Å²) >= 11 is 0. The quantitative estimate of drug-likeness (QED) is 0.897. The molecule has 1 atom stereocenters. The van der Waals surface area contributed by atoms with Crippen molar-refractivity contribution in [3.8, 4) is 11.7 Å². The second-order valence-corrected chi connectivity index (χ2v) is 4.68. The molecule has 0 amide bonds. The van der Waals surface area contributed by atoms with E-state index in [9.17, 15) is 5.11 Å². The van der Waals surface area contributed by atoms with Gasteiger partial charge in [0.15, 0.2) is 5.76 Å². The summed E-state index contributed by atoms with van der Waals surface area (Å²) in [5, 5.41) is 9.50. The minimum Gasteiger partial charge on any atom is -0.459 e. The maximum Gasteiger partial charge on any atom is 0.263 e. The van der Waals surface area contributed by atoms with Crippen LogP contribution in [-0.4, -0.2) is 34.2 Å². The van der Waals surface area contributed by atoms with E-state index in [0.29, 0.717) is 24.7 Å². The Morgan fingerprint density at radius 2 is 2.44 bits per heavy atom. The van der Waals surface area contributed by atoms with E-state index in [4.69, 9.17) is 8.83 Å². The van der Waals surface area contributed by atoms with E-state index in [-0.39, 0.29) is 6.10 Å². The van der Waals surface area contributed by atoms with Gasteiger partial charge < -0.3 is 13.9 Å². The first-order chi connectivity index (χ1) is 8.72. The van der Waals surface area contributed by atoms with Gasteiger partial charge in [0.2, 0.25) is 0 Å². The van der Waals surface area contributed by atoms with Crippen LogP contribution in [0.2, 0.25) is 0 Å². The largest absolute Gasteiger partial charge is 0.459 e. The van der Waals surface area contributed by atoms with Gasteiger partial charge in [-0.2, -0.15) is 0 Å². The molecule has 96 valence electrons. The number of hydrogen-bond acceptors (Lipinski definition) is 5. The van der Waals surface area contributed by atoms with E-state index < -0.39 is 0 Å². The summed E-state index contributed by atoms with van der Waals surface area (Å²) in [4.78, 5) is 6.64. The van der Waals surface area contributed by atoms with Crippen LogP contribution in [0.25, 0.3) is 11.7 Å². The van der Waals surface area contributed by atoms with E-state index in [1.807, 2.05) is 19.1 Å². The summed E-state index contributed by atoms with van der Waals surface area (Å²) in [6, 6.07) is 3.64. The van der Waals surface area contributed by atoms with Crippen LogP contribution in [0.15, 0.2) is 27.2 Å². The standard InChI is InChI=1S/C13H16N2O3/c1-9-11(8-15-5-4-10(16)7-15)14-13(18-9)12-3-2-6-17-12/h2-3,6,10,16H,4-5,7-8H2,1H3/t10-/m0/s1. The predicted octanol–water partition coefficient (Wildman–Crippen LogP) is 1.81. The zero-order valence-corrected chi connectivity index (χ0v) is 10.3. The van der Waals surface area contributed by atoms with Crippen molar-refractivity contribution in [3.05, 3.63) is 29.9 Å². The number of aromatic nitrogens is 1.